The van der Waals surface area contributed by atoms with Gasteiger partial charge in [0.25, 0.3) is 11.8 Å². The smallest absolute Gasteiger partial charge is 0.282 e. The van der Waals surface area contributed by atoms with E-state index in [0.29, 0.717) is 22.0 Å². The molecule has 5 nitrogen and oxygen atoms in total. The van der Waals surface area contributed by atoms with Gasteiger partial charge in [-0.1, -0.05) is 41.9 Å². The van der Waals surface area contributed by atoms with E-state index in [2.05, 4.69) is 5.32 Å². The third-order valence-corrected chi connectivity index (χ3v) is 6.06. The molecule has 0 unspecified atom stereocenters. The number of aryl methyl sites for hydroxylation is 3. The lowest BCUT2D eigenvalue weighted by molar-refractivity contribution is -0.120. The van der Waals surface area contributed by atoms with Gasteiger partial charge in [0, 0.05) is 16.3 Å². The molecule has 0 radical (unpaired) electrons. The van der Waals surface area contributed by atoms with Gasteiger partial charge in [-0.05, 0) is 67.8 Å². The Morgan fingerprint density at radius 1 is 0.844 bits per heavy atom. The van der Waals surface area contributed by atoms with Crippen LogP contribution in [0.1, 0.15) is 22.3 Å². The second kappa shape index (κ2) is 8.52. The third kappa shape index (κ3) is 3.76. The van der Waals surface area contributed by atoms with Crippen molar-refractivity contribution in [3.8, 4) is 5.75 Å². The quantitative estimate of drug-likeness (QED) is 0.513. The van der Waals surface area contributed by atoms with Gasteiger partial charge in [-0.25, -0.2) is 4.90 Å². The highest BCUT2D eigenvalue weighted by Crippen LogP contribution is 2.38. The van der Waals surface area contributed by atoms with Gasteiger partial charge in [-0.2, -0.15) is 0 Å². The van der Waals surface area contributed by atoms with Crippen molar-refractivity contribution < 1.29 is 14.3 Å². The summed E-state index contributed by atoms with van der Waals surface area (Å²) in [5, 5.41) is 3.68. The average Bonchev–Trinajstić information content (AvgIpc) is 3.02. The summed E-state index contributed by atoms with van der Waals surface area (Å²) in [4.78, 5) is 28.3. The number of para-hydroxylation sites is 1. The van der Waals surface area contributed by atoms with Crippen LogP contribution in [-0.4, -0.2) is 18.9 Å². The average molecular weight is 447 g/mol. The van der Waals surface area contributed by atoms with Crippen LogP contribution >= 0.6 is 11.6 Å². The number of imide groups is 1. The molecule has 1 heterocycles. The van der Waals surface area contributed by atoms with Crippen molar-refractivity contribution in [3.63, 3.8) is 0 Å². The Morgan fingerprint density at radius 3 is 2.25 bits per heavy atom. The first-order valence-corrected chi connectivity index (χ1v) is 10.6. The lowest BCUT2D eigenvalue weighted by Crippen LogP contribution is -2.32. The lowest BCUT2D eigenvalue weighted by Gasteiger charge is -2.16. The fourth-order valence-electron chi connectivity index (χ4n) is 3.67. The topological polar surface area (TPSA) is 58.6 Å². The van der Waals surface area contributed by atoms with E-state index in [9.17, 15) is 9.59 Å². The number of methoxy groups -OCH3 is 1. The molecule has 0 aromatic heterocycles. The fraction of sp³-hybridized carbons (Fsp3) is 0.154. The molecule has 0 saturated carbocycles. The van der Waals surface area contributed by atoms with Crippen molar-refractivity contribution in [1.29, 1.82) is 0 Å². The molecule has 4 rings (SSSR count). The van der Waals surface area contributed by atoms with Gasteiger partial charge in [0.1, 0.15) is 11.4 Å². The van der Waals surface area contributed by atoms with Crippen LogP contribution in [0.2, 0.25) is 5.02 Å². The minimum atomic E-state index is -0.450. The maximum Gasteiger partial charge on any atom is 0.282 e. The number of hydrogen-bond donors (Lipinski definition) is 1. The summed E-state index contributed by atoms with van der Waals surface area (Å²) in [6.07, 6.45) is 0. The van der Waals surface area contributed by atoms with E-state index >= 15 is 0 Å². The van der Waals surface area contributed by atoms with Crippen molar-refractivity contribution in [2.75, 3.05) is 17.3 Å². The fourth-order valence-corrected chi connectivity index (χ4v) is 3.84. The summed E-state index contributed by atoms with van der Waals surface area (Å²) in [5.41, 5.74) is 5.20. The Labute approximate surface area is 192 Å². The number of ether oxygens (including phenoxy) is 1. The number of rotatable bonds is 5. The molecule has 0 bridgehead atoms. The zero-order chi connectivity index (χ0) is 23.0. The molecule has 6 heteroatoms. The predicted octanol–water partition coefficient (Wildman–Crippen LogP) is 5.67. The van der Waals surface area contributed by atoms with Crippen molar-refractivity contribution in [3.05, 3.63) is 93.6 Å². The number of nitrogens with one attached hydrogen (secondary N) is 1. The SMILES string of the molecule is COc1ccccc1C1=C(Nc2ccc(C)c(C)c2)C(=O)N(c2ccc(C)c(Cl)c2)C1=O. The summed E-state index contributed by atoms with van der Waals surface area (Å²) in [5.74, 6) is -0.383. The van der Waals surface area contributed by atoms with Crippen LogP contribution in [-0.2, 0) is 9.59 Å². The van der Waals surface area contributed by atoms with Crippen LogP contribution in [0.25, 0.3) is 5.57 Å². The number of benzene rings is 3. The molecule has 162 valence electrons. The maximum atomic E-state index is 13.6. The van der Waals surface area contributed by atoms with Crippen molar-refractivity contribution in [2.24, 2.45) is 0 Å². The first-order valence-electron chi connectivity index (χ1n) is 10.2. The van der Waals surface area contributed by atoms with Gasteiger partial charge >= 0.3 is 0 Å². The number of carbonyl (C=O) groups is 2. The van der Waals surface area contributed by atoms with E-state index in [4.69, 9.17) is 16.3 Å². The van der Waals surface area contributed by atoms with Gasteiger partial charge in [0.2, 0.25) is 0 Å². The van der Waals surface area contributed by atoms with E-state index in [0.717, 1.165) is 27.3 Å². The van der Waals surface area contributed by atoms with E-state index in [1.54, 1.807) is 30.3 Å². The number of amides is 2. The molecule has 0 saturated heterocycles. The largest absolute Gasteiger partial charge is 0.496 e. The number of nitrogens with zero attached hydrogens (tertiary/aromatic N) is 1. The Morgan fingerprint density at radius 2 is 1.56 bits per heavy atom. The van der Waals surface area contributed by atoms with Crippen LogP contribution in [0.3, 0.4) is 0 Å². The van der Waals surface area contributed by atoms with Crippen LogP contribution in [0.5, 0.6) is 5.75 Å². The highest BCUT2D eigenvalue weighted by molar-refractivity contribution is 6.46. The summed E-state index contributed by atoms with van der Waals surface area (Å²) >= 11 is 6.29. The normalized spacial score (nSPS) is 13.7. The summed E-state index contributed by atoms with van der Waals surface area (Å²) in [6.45, 7) is 5.88. The molecule has 2 amide bonds. The van der Waals surface area contributed by atoms with Gasteiger partial charge in [0.15, 0.2) is 0 Å². The molecule has 1 aliphatic heterocycles. The molecular formula is C26H23ClN2O3. The summed E-state index contributed by atoms with van der Waals surface area (Å²) in [6, 6.07) is 18.1. The number of hydrogen-bond acceptors (Lipinski definition) is 4. The zero-order valence-corrected chi connectivity index (χ0v) is 19.1. The Balaban J connectivity index is 1.87. The van der Waals surface area contributed by atoms with Crippen LogP contribution in [0, 0.1) is 20.8 Å². The molecule has 0 aliphatic carbocycles. The maximum absolute atomic E-state index is 13.6. The molecule has 0 fully saturated rings. The highest BCUT2D eigenvalue weighted by Gasteiger charge is 2.41. The molecule has 1 aliphatic rings. The highest BCUT2D eigenvalue weighted by atomic mass is 35.5. The number of halogens is 1. The summed E-state index contributed by atoms with van der Waals surface area (Å²) in [7, 11) is 1.54. The van der Waals surface area contributed by atoms with Crippen LogP contribution in [0.15, 0.2) is 66.4 Å². The summed E-state index contributed by atoms with van der Waals surface area (Å²) < 4.78 is 5.49. The van der Waals surface area contributed by atoms with Crippen LogP contribution < -0.4 is 15.0 Å². The first kappa shape index (κ1) is 21.7. The Kier molecular flexibility index (Phi) is 5.76. The van der Waals surface area contributed by atoms with E-state index in [1.165, 1.54) is 7.11 Å². The minimum Gasteiger partial charge on any atom is -0.496 e. The van der Waals surface area contributed by atoms with Gasteiger partial charge in [-0.3, -0.25) is 9.59 Å². The molecule has 32 heavy (non-hydrogen) atoms. The van der Waals surface area contributed by atoms with Gasteiger partial charge in [0.05, 0.1) is 18.4 Å². The van der Waals surface area contributed by atoms with E-state index < -0.39 is 11.8 Å². The molecule has 3 aromatic rings. The van der Waals surface area contributed by atoms with E-state index in [-0.39, 0.29) is 11.3 Å². The van der Waals surface area contributed by atoms with Gasteiger partial charge in [-0.15, -0.1) is 0 Å². The van der Waals surface area contributed by atoms with Crippen molar-refractivity contribution in [1.82, 2.24) is 0 Å². The second-order valence-corrected chi connectivity index (χ2v) is 8.16. The lowest BCUT2D eigenvalue weighted by atomic mass is 10.0. The molecule has 0 spiro atoms. The van der Waals surface area contributed by atoms with Gasteiger partial charge < -0.3 is 10.1 Å². The standard InChI is InChI=1S/C26H23ClN2O3/c1-15-9-11-18(13-17(15)3)28-24-23(20-7-5-6-8-22(20)32-4)25(30)29(26(24)31)19-12-10-16(2)21(27)14-19/h5-14,28H,1-4H3. The molecule has 0 atom stereocenters. The third-order valence-electron chi connectivity index (χ3n) is 5.65. The monoisotopic (exact) mass is 446 g/mol. The van der Waals surface area contributed by atoms with Crippen LogP contribution in [0.4, 0.5) is 11.4 Å². The Hall–Kier alpha value is -3.57. The number of anilines is 2. The second-order valence-electron chi connectivity index (χ2n) is 7.75. The zero-order valence-electron chi connectivity index (χ0n) is 18.3. The predicted molar refractivity (Wildman–Crippen MR) is 128 cm³/mol. The molecule has 1 N–H and O–H groups in total. The molecular weight excluding hydrogens is 424 g/mol. The van der Waals surface area contributed by atoms with E-state index in [1.807, 2.05) is 51.1 Å². The van der Waals surface area contributed by atoms with Crippen molar-refractivity contribution in [2.45, 2.75) is 20.8 Å². The van der Waals surface area contributed by atoms with Crippen molar-refractivity contribution >= 4 is 40.4 Å². The Bertz CT molecular complexity index is 1280. The first-order chi connectivity index (χ1) is 15.3. The minimum absolute atomic E-state index is 0.194. The molecule has 3 aromatic carbocycles. The number of carbonyl (C=O) groups excluding carboxylic acids is 2.